The Morgan fingerprint density at radius 1 is 0.600 bits per heavy atom. The molecule has 2 nitrogen and oxygen atoms in total. The van der Waals surface area contributed by atoms with Gasteiger partial charge >= 0.3 is 136 Å². The topological polar surface area (TPSA) is 33.4 Å². The van der Waals surface area contributed by atoms with Crippen molar-refractivity contribution in [2.45, 2.75) is 0 Å². The molecular weight excluding hydrogens is 306 g/mol. The summed E-state index contributed by atoms with van der Waals surface area (Å²) in [4.78, 5) is 0. The summed E-state index contributed by atoms with van der Waals surface area (Å²) in [6, 6.07) is 31.1. The monoisotopic (exact) mass is 324 g/mol. The maximum absolute atomic E-state index is 7.00. The van der Waals surface area contributed by atoms with Crippen LogP contribution in [0.2, 0.25) is 0 Å². The molecule has 4 rings (SSSR count). The standard InChI is InChI=1S/C21H15BO.BH3O/c1-4-10-16(11-5-1)19-20(17-12-6-2-7-13-17)22-23-21(19)18-14-8-3-9-15-18;1-2/h1-15H;2H,1H2. The molecule has 0 spiro atoms. The van der Waals surface area contributed by atoms with Crippen molar-refractivity contribution in [3.8, 4) is 33.5 Å². The molecule has 0 atom stereocenters. The van der Waals surface area contributed by atoms with Crippen LogP contribution < -0.4 is 0 Å². The van der Waals surface area contributed by atoms with Gasteiger partial charge in [0.2, 0.25) is 0 Å². The molecule has 0 unspecified atom stereocenters. The summed E-state index contributed by atoms with van der Waals surface area (Å²) in [5.74, 6) is 0.913. The fourth-order valence-electron chi connectivity index (χ4n) is 2.88. The van der Waals surface area contributed by atoms with Gasteiger partial charge in [-0.2, -0.15) is 0 Å². The molecule has 4 heteroatoms. The average molecular weight is 324 g/mol. The fourth-order valence-corrected chi connectivity index (χ4v) is 2.88. The maximum atomic E-state index is 7.00. The third-order valence-corrected chi connectivity index (χ3v) is 3.97. The van der Waals surface area contributed by atoms with E-state index >= 15 is 0 Å². The van der Waals surface area contributed by atoms with Crippen molar-refractivity contribution in [2.75, 3.05) is 0 Å². The molecule has 0 saturated carbocycles. The van der Waals surface area contributed by atoms with Crippen LogP contribution in [0.5, 0.6) is 0 Å². The van der Waals surface area contributed by atoms with E-state index in [0.29, 0.717) is 0 Å². The van der Waals surface area contributed by atoms with Crippen LogP contribution in [0.3, 0.4) is 0 Å². The zero-order valence-electron chi connectivity index (χ0n) is 14.1. The molecule has 1 heterocycles. The molecule has 25 heavy (non-hydrogen) atoms. The summed E-state index contributed by atoms with van der Waals surface area (Å²) in [6.45, 7) is 0. The molecule has 4 aromatic rings. The van der Waals surface area contributed by atoms with Crippen LogP contribution in [-0.4, -0.2) is 20.2 Å². The van der Waals surface area contributed by atoms with Gasteiger partial charge in [-0.3, -0.25) is 0 Å². The predicted octanol–water partition coefficient (Wildman–Crippen LogP) is 4.15. The molecule has 0 radical (unpaired) electrons. The van der Waals surface area contributed by atoms with Crippen molar-refractivity contribution in [2.24, 2.45) is 0 Å². The van der Waals surface area contributed by atoms with Crippen LogP contribution in [-0.2, 0) is 0 Å². The first-order chi connectivity index (χ1) is 12.4. The van der Waals surface area contributed by atoms with Crippen molar-refractivity contribution in [3.63, 3.8) is 0 Å². The predicted molar refractivity (Wildman–Crippen MR) is 107 cm³/mol. The van der Waals surface area contributed by atoms with E-state index in [4.69, 9.17) is 9.36 Å². The Balaban J connectivity index is 0.000000880. The second kappa shape index (κ2) is 8.31. The van der Waals surface area contributed by atoms with Crippen molar-refractivity contribution in [3.05, 3.63) is 91.0 Å². The third-order valence-electron chi connectivity index (χ3n) is 3.97. The summed E-state index contributed by atoms with van der Waals surface area (Å²) in [5, 5.41) is 7.00. The first-order valence-electron chi connectivity index (χ1n) is 8.16. The van der Waals surface area contributed by atoms with Crippen LogP contribution in [0.25, 0.3) is 33.5 Å². The Labute approximate surface area is 149 Å². The van der Waals surface area contributed by atoms with Crippen LogP contribution in [0.1, 0.15) is 0 Å². The van der Waals surface area contributed by atoms with Crippen molar-refractivity contribution in [1.82, 2.24) is 0 Å². The first-order valence-corrected chi connectivity index (χ1v) is 8.16. The van der Waals surface area contributed by atoms with E-state index in [1.807, 2.05) is 37.5 Å². The summed E-state index contributed by atoms with van der Waals surface area (Å²) in [6.07, 6.45) is 0. The van der Waals surface area contributed by atoms with Crippen LogP contribution in [0, 0.1) is 0 Å². The quantitative estimate of drug-likeness (QED) is 0.575. The number of hydrogen-bond donors (Lipinski definition) is 1. The third kappa shape index (κ3) is 3.65. The Bertz CT molecular complexity index is 848. The molecule has 0 bridgehead atoms. The van der Waals surface area contributed by atoms with Crippen molar-refractivity contribution in [1.29, 1.82) is 0 Å². The fraction of sp³-hybridized carbons (Fsp3) is 0. The second-order valence-electron chi connectivity index (χ2n) is 5.45. The van der Waals surface area contributed by atoms with Gasteiger partial charge in [0.15, 0.2) is 0 Å². The Kier molecular flexibility index (Phi) is 5.65. The van der Waals surface area contributed by atoms with E-state index in [9.17, 15) is 0 Å². The SMILES string of the molecule is BO.b1oc(-c2ccccc2)c(-c2ccccc2)c1-c1ccccc1. The van der Waals surface area contributed by atoms with E-state index in [1.165, 1.54) is 5.56 Å². The molecule has 1 aromatic heterocycles. The van der Waals surface area contributed by atoms with Gasteiger partial charge in [0.25, 0.3) is 8.05 Å². The molecule has 3 aromatic carbocycles. The molecule has 0 fully saturated rings. The second-order valence-corrected chi connectivity index (χ2v) is 5.45. The zero-order valence-corrected chi connectivity index (χ0v) is 14.1. The summed E-state index contributed by atoms with van der Waals surface area (Å²) in [5.41, 5.74) is 5.68. The van der Waals surface area contributed by atoms with Gasteiger partial charge in [0.05, 0.1) is 0 Å². The van der Waals surface area contributed by atoms with Crippen molar-refractivity contribution >= 4 is 15.2 Å². The van der Waals surface area contributed by atoms with Gasteiger partial charge in [0.1, 0.15) is 0 Å². The van der Waals surface area contributed by atoms with Gasteiger partial charge in [0, 0.05) is 0 Å². The van der Waals surface area contributed by atoms with E-state index in [1.54, 1.807) is 0 Å². The van der Waals surface area contributed by atoms with Crippen LogP contribution in [0.15, 0.2) is 95.3 Å². The first kappa shape index (κ1) is 17.0. The summed E-state index contributed by atoms with van der Waals surface area (Å²) < 4.78 is 5.99. The average Bonchev–Trinajstić information content (AvgIpc) is 3.17. The molecule has 0 amide bonds. The van der Waals surface area contributed by atoms with Crippen LogP contribution >= 0.6 is 0 Å². The van der Waals surface area contributed by atoms with E-state index in [0.717, 1.165) is 36.0 Å². The Hall–Kier alpha value is -2.84. The number of rotatable bonds is 3. The number of hydrogen-bond acceptors (Lipinski definition) is 2. The summed E-state index contributed by atoms with van der Waals surface area (Å²) >= 11 is 0. The molecule has 120 valence electrons. The van der Waals surface area contributed by atoms with E-state index in [-0.39, 0.29) is 0 Å². The molecule has 0 aliphatic rings. The van der Waals surface area contributed by atoms with Gasteiger partial charge in [-0.15, -0.1) is 0 Å². The molecule has 1 N–H and O–H groups in total. The van der Waals surface area contributed by atoms with Crippen LogP contribution in [0.4, 0.5) is 0 Å². The Morgan fingerprint density at radius 2 is 1.04 bits per heavy atom. The van der Waals surface area contributed by atoms with E-state index < -0.39 is 0 Å². The van der Waals surface area contributed by atoms with Crippen molar-refractivity contribution < 1.29 is 9.36 Å². The van der Waals surface area contributed by atoms with Gasteiger partial charge in [-0.05, 0) is 0 Å². The molecule has 0 saturated heterocycles. The minimum absolute atomic E-state index is 0.913. The van der Waals surface area contributed by atoms with Gasteiger partial charge in [-0.1, -0.05) is 0 Å². The molecule has 0 aliphatic carbocycles. The van der Waals surface area contributed by atoms with E-state index in [2.05, 4.69) is 60.7 Å². The summed E-state index contributed by atoms with van der Waals surface area (Å²) in [7, 11) is 2.86. The Morgan fingerprint density at radius 3 is 1.56 bits per heavy atom. The van der Waals surface area contributed by atoms with Gasteiger partial charge in [-0.25, -0.2) is 0 Å². The molecular formula is C21H18B2O2. The number of benzene rings is 3. The molecule has 0 aliphatic heterocycles. The zero-order chi connectivity index (χ0) is 17.5. The minimum atomic E-state index is 0.913. The van der Waals surface area contributed by atoms with Gasteiger partial charge < -0.3 is 5.02 Å². The normalized spacial score (nSPS) is 9.80.